The number of benzene rings is 1. The van der Waals surface area contributed by atoms with Gasteiger partial charge in [-0.3, -0.25) is 4.79 Å². The first kappa shape index (κ1) is 21.0. The summed E-state index contributed by atoms with van der Waals surface area (Å²) in [5.74, 6) is 0.444. The minimum absolute atomic E-state index is 0.162. The average Bonchev–Trinajstić information content (AvgIpc) is 2.60. The number of hydrogen-bond acceptors (Lipinski definition) is 3. The quantitative estimate of drug-likeness (QED) is 0.372. The largest absolute Gasteiger partial charge is 0.489 e. The van der Waals surface area contributed by atoms with E-state index in [0.29, 0.717) is 19.6 Å². The van der Waals surface area contributed by atoms with Crippen molar-refractivity contribution in [3.05, 3.63) is 59.9 Å². The molecule has 0 aliphatic rings. The number of esters is 1. The molecule has 0 N–H and O–H groups in total. The van der Waals surface area contributed by atoms with Gasteiger partial charge in [0.2, 0.25) is 0 Å². The normalized spacial score (nSPS) is 12.3. The fourth-order valence-electron chi connectivity index (χ4n) is 1.75. The Bertz CT molecular complexity index is 475. The Labute approximate surface area is 141 Å². The third-order valence-electron chi connectivity index (χ3n) is 2.94. The van der Waals surface area contributed by atoms with Crippen LogP contribution in [0.4, 0.5) is 0 Å². The predicted octanol–water partition coefficient (Wildman–Crippen LogP) is 5.28. The second kappa shape index (κ2) is 13.6. The standard InChI is InChI=1S/C18H24O3.C2H6/c1-4-9-17(13-12-15(3)18(19)20-5-2)21-14-16-10-7-6-8-11-16;1-2/h4,6-11,13,15H,5,12,14H2,1-3H3;1-2H3/b9-4-,17-13+;. The summed E-state index contributed by atoms with van der Waals surface area (Å²) in [6.07, 6.45) is 6.37. The van der Waals surface area contributed by atoms with Crippen molar-refractivity contribution < 1.29 is 14.3 Å². The molecule has 0 fully saturated rings. The van der Waals surface area contributed by atoms with Crippen molar-refractivity contribution in [1.29, 1.82) is 0 Å². The summed E-state index contributed by atoms with van der Waals surface area (Å²) in [6, 6.07) is 10.00. The van der Waals surface area contributed by atoms with Crippen molar-refractivity contribution in [3.8, 4) is 0 Å². The lowest BCUT2D eigenvalue weighted by Crippen LogP contribution is -2.14. The van der Waals surface area contributed by atoms with Crippen LogP contribution in [0.2, 0.25) is 0 Å². The summed E-state index contributed by atoms with van der Waals surface area (Å²) < 4.78 is 10.8. The van der Waals surface area contributed by atoms with Gasteiger partial charge in [0.1, 0.15) is 12.4 Å². The van der Waals surface area contributed by atoms with Gasteiger partial charge in [-0.2, -0.15) is 0 Å². The monoisotopic (exact) mass is 318 g/mol. The highest BCUT2D eigenvalue weighted by Crippen LogP contribution is 2.12. The van der Waals surface area contributed by atoms with Gasteiger partial charge < -0.3 is 9.47 Å². The Morgan fingerprint density at radius 2 is 1.83 bits per heavy atom. The molecule has 0 aliphatic carbocycles. The molecule has 1 atom stereocenters. The molecule has 0 aromatic heterocycles. The molecule has 3 nitrogen and oxygen atoms in total. The number of ether oxygens (including phenoxy) is 2. The van der Waals surface area contributed by atoms with E-state index in [1.165, 1.54) is 0 Å². The Balaban J connectivity index is 0.00000232. The predicted molar refractivity (Wildman–Crippen MR) is 95.9 cm³/mol. The fraction of sp³-hybridized carbons (Fsp3) is 0.450. The molecule has 1 rings (SSSR count). The maximum Gasteiger partial charge on any atom is 0.308 e. The van der Waals surface area contributed by atoms with Crippen LogP contribution in [0.1, 0.15) is 46.6 Å². The highest BCUT2D eigenvalue weighted by Gasteiger charge is 2.12. The van der Waals surface area contributed by atoms with E-state index in [4.69, 9.17) is 9.47 Å². The zero-order valence-electron chi connectivity index (χ0n) is 15.0. The van der Waals surface area contributed by atoms with Gasteiger partial charge in [-0.25, -0.2) is 0 Å². The molecule has 23 heavy (non-hydrogen) atoms. The molecule has 1 unspecified atom stereocenters. The fourth-order valence-corrected chi connectivity index (χ4v) is 1.75. The highest BCUT2D eigenvalue weighted by molar-refractivity contribution is 5.72. The average molecular weight is 318 g/mol. The summed E-state index contributed by atoms with van der Waals surface area (Å²) in [7, 11) is 0. The molecule has 0 amide bonds. The van der Waals surface area contributed by atoms with E-state index < -0.39 is 0 Å². The Morgan fingerprint density at radius 3 is 2.39 bits per heavy atom. The third-order valence-corrected chi connectivity index (χ3v) is 2.94. The molecule has 128 valence electrons. The lowest BCUT2D eigenvalue weighted by atomic mass is 10.1. The molecule has 0 heterocycles. The van der Waals surface area contributed by atoms with Crippen LogP contribution in [0, 0.1) is 5.92 Å². The maximum absolute atomic E-state index is 11.6. The summed E-state index contributed by atoms with van der Waals surface area (Å²) in [5.41, 5.74) is 1.12. The van der Waals surface area contributed by atoms with Crippen molar-refractivity contribution in [1.82, 2.24) is 0 Å². The molecule has 0 aliphatic heterocycles. The Kier molecular flexibility index (Phi) is 12.4. The van der Waals surface area contributed by atoms with Gasteiger partial charge in [0, 0.05) is 0 Å². The lowest BCUT2D eigenvalue weighted by molar-refractivity contribution is -0.147. The molecular formula is C20H30O3. The van der Waals surface area contributed by atoms with E-state index in [0.717, 1.165) is 11.3 Å². The first-order chi connectivity index (χ1) is 11.2. The molecule has 0 saturated heterocycles. The van der Waals surface area contributed by atoms with Crippen LogP contribution >= 0.6 is 0 Å². The van der Waals surface area contributed by atoms with Crippen molar-refractivity contribution in [3.63, 3.8) is 0 Å². The third kappa shape index (κ3) is 9.56. The van der Waals surface area contributed by atoms with Gasteiger partial charge in [0.15, 0.2) is 0 Å². The summed E-state index contributed by atoms with van der Waals surface area (Å²) in [5, 5.41) is 0. The van der Waals surface area contributed by atoms with Crippen LogP contribution in [-0.4, -0.2) is 12.6 Å². The zero-order valence-corrected chi connectivity index (χ0v) is 15.0. The van der Waals surface area contributed by atoms with E-state index in [-0.39, 0.29) is 11.9 Å². The van der Waals surface area contributed by atoms with Crippen LogP contribution < -0.4 is 0 Å². The van der Waals surface area contributed by atoms with Crippen molar-refractivity contribution in [2.45, 2.75) is 47.6 Å². The number of rotatable bonds is 8. The molecule has 0 radical (unpaired) electrons. The first-order valence-corrected chi connectivity index (χ1v) is 8.33. The van der Waals surface area contributed by atoms with Crippen LogP contribution in [0.15, 0.2) is 54.3 Å². The zero-order chi connectivity index (χ0) is 17.5. The second-order valence-corrected chi connectivity index (χ2v) is 4.77. The van der Waals surface area contributed by atoms with Crippen LogP contribution in [0.3, 0.4) is 0 Å². The molecule has 0 saturated carbocycles. The van der Waals surface area contributed by atoms with Crippen LogP contribution in [0.25, 0.3) is 0 Å². The topological polar surface area (TPSA) is 35.5 Å². The van der Waals surface area contributed by atoms with E-state index in [9.17, 15) is 4.79 Å². The van der Waals surface area contributed by atoms with Crippen molar-refractivity contribution in [2.24, 2.45) is 5.92 Å². The van der Waals surface area contributed by atoms with Gasteiger partial charge in [-0.05, 0) is 38.0 Å². The number of allylic oxidation sites excluding steroid dienone is 3. The van der Waals surface area contributed by atoms with Crippen LogP contribution in [0.5, 0.6) is 0 Å². The number of hydrogen-bond donors (Lipinski definition) is 0. The SMILES string of the molecule is C/C=C\C(=C/CC(C)C(=O)OCC)OCc1ccccc1.CC. The van der Waals surface area contributed by atoms with E-state index >= 15 is 0 Å². The lowest BCUT2D eigenvalue weighted by Gasteiger charge is -2.10. The Hall–Kier alpha value is -2.03. The minimum Gasteiger partial charge on any atom is -0.489 e. The van der Waals surface area contributed by atoms with E-state index in [1.807, 2.05) is 83.2 Å². The smallest absolute Gasteiger partial charge is 0.308 e. The minimum atomic E-state index is -0.170. The van der Waals surface area contributed by atoms with Gasteiger partial charge in [0.05, 0.1) is 12.5 Å². The van der Waals surface area contributed by atoms with E-state index in [1.54, 1.807) is 0 Å². The summed E-state index contributed by atoms with van der Waals surface area (Å²) >= 11 is 0. The molecule has 0 bridgehead atoms. The van der Waals surface area contributed by atoms with Crippen molar-refractivity contribution in [2.75, 3.05) is 6.61 Å². The molecular weight excluding hydrogens is 288 g/mol. The molecule has 1 aromatic rings. The highest BCUT2D eigenvalue weighted by atomic mass is 16.5. The van der Waals surface area contributed by atoms with E-state index in [2.05, 4.69) is 0 Å². The van der Waals surface area contributed by atoms with Crippen molar-refractivity contribution >= 4 is 5.97 Å². The van der Waals surface area contributed by atoms with Gasteiger partial charge >= 0.3 is 5.97 Å². The first-order valence-electron chi connectivity index (χ1n) is 8.33. The molecule has 0 spiro atoms. The van der Waals surface area contributed by atoms with Crippen LogP contribution in [-0.2, 0) is 20.9 Å². The summed E-state index contributed by atoms with van der Waals surface area (Å²) in [6.45, 7) is 10.5. The number of carbonyl (C=O) groups excluding carboxylic acids is 1. The maximum atomic E-state index is 11.6. The molecule has 1 aromatic carbocycles. The van der Waals surface area contributed by atoms with Gasteiger partial charge in [-0.15, -0.1) is 0 Å². The molecule has 3 heteroatoms. The second-order valence-electron chi connectivity index (χ2n) is 4.77. The van der Waals surface area contributed by atoms with Gasteiger partial charge in [0.25, 0.3) is 0 Å². The van der Waals surface area contributed by atoms with Gasteiger partial charge in [-0.1, -0.05) is 57.2 Å². The number of carbonyl (C=O) groups is 1. The Morgan fingerprint density at radius 1 is 1.17 bits per heavy atom. The summed E-state index contributed by atoms with van der Waals surface area (Å²) in [4.78, 5) is 11.6.